The van der Waals surface area contributed by atoms with Crippen LogP contribution in [0.3, 0.4) is 0 Å². The summed E-state index contributed by atoms with van der Waals surface area (Å²) >= 11 is 0. The molecule has 0 aliphatic heterocycles. The molecular weight excluding hydrogens is 180 g/mol. The molecule has 0 aliphatic rings. The highest BCUT2D eigenvalue weighted by atomic mass is 16.4. The van der Waals surface area contributed by atoms with Crippen molar-refractivity contribution in [3.05, 3.63) is 29.3 Å². The summed E-state index contributed by atoms with van der Waals surface area (Å²) in [5.74, 6) is -0.968. The first-order valence-electron chi connectivity index (χ1n) is 4.10. The number of carboxylic acids is 1. The largest absolute Gasteiger partial charge is 0.478 e. The molecular formula is C10H10N2O2. The molecule has 72 valence electrons. The number of rotatable bonds is 3. The maximum Gasteiger partial charge on any atom is 0.335 e. The predicted octanol–water partition coefficient (Wildman–Crippen LogP) is 1.63. The third-order valence-electron chi connectivity index (χ3n) is 1.84. The van der Waals surface area contributed by atoms with Crippen molar-refractivity contribution in [2.45, 2.75) is 6.92 Å². The average Bonchev–Trinajstić information content (AvgIpc) is 2.16. The average molecular weight is 190 g/mol. The number of nitriles is 1. The molecule has 0 heterocycles. The molecule has 0 aliphatic carbocycles. The van der Waals surface area contributed by atoms with Crippen LogP contribution >= 0.6 is 0 Å². The highest BCUT2D eigenvalue weighted by Crippen LogP contribution is 2.16. The zero-order valence-electron chi connectivity index (χ0n) is 7.74. The zero-order valence-corrected chi connectivity index (χ0v) is 7.74. The SMILES string of the molecule is Cc1ccc(C(=O)O)cc1NCC#N. The maximum atomic E-state index is 10.6. The van der Waals surface area contributed by atoms with Gasteiger partial charge in [0.1, 0.15) is 6.54 Å². The van der Waals surface area contributed by atoms with Gasteiger partial charge in [-0.15, -0.1) is 0 Å². The molecule has 0 unspecified atom stereocenters. The van der Waals surface area contributed by atoms with Crippen molar-refractivity contribution >= 4 is 11.7 Å². The summed E-state index contributed by atoms with van der Waals surface area (Å²) in [5, 5.41) is 19.9. The summed E-state index contributed by atoms with van der Waals surface area (Å²) in [6.07, 6.45) is 0. The van der Waals surface area contributed by atoms with Crippen molar-refractivity contribution < 1.29 is 9.90 Å². The van der Waals surface area contributed by atoms with Crippen LogP contribution in [0.25, 0.3) is 0 Å². The molecule has 0 amide bonds. The van der Waals surface area contributed by atoms with E-state index in [2.05, 4.69) is 5.32 Å². The molecule has 0 spiro atoms. The third kappa shape index (κ3) is 2.23. The first-order chi connectivity index (χ1) is 6.65. The Bertz CT molecular complexity index is 394. The van der Waals surface area contributed by atoms with Gasteiger partial charge in [-0.1, -0.05) is 6.07 Å². The van der Waals surface area contributed by atoms with E-state index in [-0.39, 0.29) is 12.1 Å². The van der Waals surface area contributed by atoms with Crippen molar-refractivity contribution in [1.82, 2.24) is 0 Å². The van der Waals surface area contributed by atoms with Gasteiger partial charge in [0.25, 0.3) is 0 Å². The molecule has 4 heteroatoms. The molecule has 2 N–H and O–H groups in total. The Morgan fingerprint density at radius 2 is 2.36 bits per heavy atom. The molecule has 0 atom stereocenters. The first kappa shape index (κ1) is 10.1. The molecule has 0 aromatic heterocycles. The van der Waals surface area contributed by atoms with Gasteiger partial charge >= 0.3 is 5.97 Å². The smallest absolute Gasteiger partial charge is 0.335 e. The second-order valence-electron chi connectivity index (χ2n) is 2.85. The van der Waals surface area contributed by atoms with E-state index in [1.54, 1.807) is 6.07 Å². The van der Waals surface area contributed by atoms with Gasteiger partial charge in [-0.25, -0.2) is 4.79 Å². The standard InChI is InChI=1S/C10H10N2O2/c1-7-2-3-8(10(13)14)6-9(7)12-5-4-11/h2-3,6,12H,5H2,1H3,(H,13,14). The van der Waals surface area contributed by atoms with Crippen molar-refractivity contribution in [1.29, 1.82) is 5.26 Å². The van der Waals surface area contributed by atoms with Gasteiger partial charge < -0.3 is 10.4 Å². The summed E-state index contributed by atoms with van der Waals surface area (Å²) in [5.41, 5.74) is 1.83. The molecule has 0 saturated carbocycles. The van der Waals surface area contributed by atoms with E-state index in [4.69, 9.17) is 10.4 Å². The number of carboxylic acid groups (broad SMARTS) is 1. The molecule has 14 heavy (non-hydrogen) atoms. The van der Waals surface area contributed by atoms with Crippen LogP contribution in [0.1, 0.15) is 15.9 Å². The Morgan fingerprint density at radius 1 is 1.64 bits per heavy atom. The third-order valence-corrected chi connectivity index (χ3v) is 1.84. The summed E-state index contributed by atoms with van der Waals surface area (Å²) in [7, 11) is 0. The number of aryl methyl sites for hydroxylation is 1. The molecule has 0 bridgehead atoms. The lowest BCUT2D eigenvalue weighted by Gasteiger charge is -2.06. The number of nitrogens with zero attached hydrogens (tertiary/aromatic N) is 1. The van der Waals surface area contributed by atoms with Gasteiger partial charge in [-0.2, -0.15) is 5.26 Å². The second kappa shape index (κ2) is 4.28. The molecule has 1 rings (SSSR count). The molecule has 4 nitrogen and oxygen atoms in total. The van der Waals surface area contributed by atoms with E-state index in [0.717, 1.165) is 5.56 Å². The topological polar surface area (TPSA) is 73.1 Å². The number of benzene rings is 1. The summed E-state index contributed by atoms with van der Waals surface area (Å²) < 4.78 is 0. The van der Waals surface area contributed by atoms with E-state index in [1.165, 1.54) is 12.1 Å². The van der Waals surface area contributed by atoms with E-state index < -0.39 is 5.97 Å². The maximum absolute atomic E-state index is 10.6. The number of hydrogen-bond acceptors (Lipinski definition) is 3. The minimum atomic E-state index is -0.968. The lowest BCUT2D eigenvalue weighted by atomic mass is 10.1. The molecule has 0 saturated heterocycles. The number of nitrogens with one attached hydrogen (secondary N) is 1. The summed E-state index contributed by atoms with van der Waals surface area (Å²) in [4.78, 5) is 10.6. The van der Waals surface area contributed by atoms with Crippen LogP contribution in [0.5, 0.6) is 0 Å². The Kier molecular flexibility index (Phi) is 3.08. The molecule has 0 fully saturated rings. The quantitative estimate of drug-likeness (QED) is 0.710. The monoisotopic (exact) mass is 190 g/mol. The fourth-order valence-electron chi connectivity index (χ4n) is 1.08. The second-order valence-corrected chi connectivity index (χ2v) is 2.85. The number of anilines is 1. The Hall–Kier alpha value is -2.02. The highest BCUT2D eigenvalue weighted by Gasteiger charge is 2.05. The lowest BCUT2D eigenvalue weighted by molar-refractivity contribution is 0.0697. The van der Waals surface area contributed by atoms with Crippen LogP contribution in [0, 0.1) is 18.3 Å². The van der Waals surface area contributed by atoms with Crippen LogP contribution in [-0.2, 0) is 0 Å². The minimum absolute atomic E-state index is 0.171. The van der Waals surface area contributed by atoms with E-state index in [0.29, 0.717) is 5.69 Å². The van der Waals surface area contributed by atoms with Crippen LogP contribution in [0.15, 0.2) is 18.2 Å². The van der Waals surface area contributed by atoms with Gasteiger partial charge in [-0.3, -0.25) is 0 Å². The van der Waals surface area contributed by atoms with Crippen LogP contribution < -0.4 is 5.32 Å². The van der Waals surface area contributed by atoms with Crippen molar-refractivity contribution in [3.63, 3.8) is 0 Å². The number of aromatic carboxylic acids is 1. The van der Waals surface area contributed by atoms with Gasteiger partial charge in [0.15, 0.2) is 0 Å². The highest BCUT2D eigenvalue weighted by molar-refractivity contribution is 5.89. The van der Waals surface area contributed by atoms with E-state index in [1.807, 2.05) is 13.0 Å². The molecule has 1 aromatic carbocycles. The van der Waals surface area contributed by atoms with Crippen LogP contribution in [0.2, 0.25) is 0 Å². The van der Waals surface area contributed by atoms with E-state index in [9.17, 15) is 4.79 Å². The van der Waals surface area contributed by atoms with Crippen LogP contribution in [-0.4, -0.2) is 17.6 Å². The Labute approximate surface area is 81.8 Å². The summed E-state index contributed by atoms with van der Waals surface area (Å²) in [6, 6.07) is 6.70. The summed E-state index contributed by atoms with van der Waals surface area (Å²) in [6.45, 7) is 2.02. The number of carbonyl (C=O) groups is 1. The zero-order chi connectivity index (χ0) is 10.6. The van der Waals surface area contributed by atoms with E-state index >= 15 is 0 Å². The fraction of sp³-hybridized carbons (Fsp3) is 0.200. The predicted molar refractivity (Wildman–Crippen MR) is 52.2 cm³/mol. The van der Waals surface area contributed by atoms with Gasteiger partial charge in [0.2, 0.25) is 0 Å². The van der Waals surface area contributed by atoms with Crippen LogP contribution in [0.4, 0.5) is 5.69 Å². The van der Waals surface area contributed by atoms with Crippen molar-refractivity contribution in [3.8, 4) is 6.07 Å². The van der Waals surface area contributed by atoms with Gasteiger partial charge in [0, 0.05) is 5.69 Å². The molecule has 1 aromatic rings. The Morgan fingerprint density at radius 3 is 2.93 bits per heavy atom. The lowest BCUT2D eigenvalue weighted by Crippen LogP contribution is -2.03. The first-order valence-corrected chi connectivity index (χ1v) is 4.10. The Balaban J connectivity index is 2.97. The number of hydrogen-bond donors (Lipinski definition) is 2. The minimum Gasteiger partial charge on any atom is -0.478 e. The van der Waals surface area contributed by atoms with Gasteiger partial charge in [0.05, 0.1) is 11.6 Å². The van der Waals surface area contributed by atoms with Gasteiger partial charge in [-0.05, 0) is 24.6 Å². The molecule has 0 radical (unpaired) electrons. The fourth-order valence-corrected chi connectivity index (χ4v) is 1.08. The van der Waals surface area contributed by atoms with Crippen molar-refractivity contribution in [2.24, 2.45) is 0 Å². The van der Waals surface area contributed by atoms with Crippen molar-refractivity contribution in [2.75, 3.05) is 11.9 Å². The normalized spacial score (nSPS) is 9.14.